The number of anilines is 1. The maximum Gasteiger partial charge on any atom is 0.240 e. The molecule has 0 saturated heterocycles. The van der Waals surface area contributed by atoms with Crippen LogP contribution in [0.5, 0.6) is 0 Å². The van der Waals surface area contributed by atoms with Crippen LogP contribution in [0.25, 0.3) is 10.8 Å². The molecule has 134 valence electrons. The molecule has 2 aromatic carbocycles. The first-order valence-corrected chi connectivity index (χ1v) is 9.64. The van der Waals surface area contributed by atoms with Gasteiger partial charge >= 0.3 is 0 Å². The molecule has 0 saturated carbocycles. The van der Waals surface area contributed by atoms with Crippen LogP contribution < -0.4 is 10.0 Å². The molecule has 0 spiro atoms. The first-order chi connectivity index (χ1) is 12.4. The summed E-state index contributed by atoms with van der Waals surface area (Å²) < 4.78 is 27.3. The molecule has 3 aromatic rings. The van der Waals surface area contributed by atoms with E-state index < -0.39 is 10.0 Å². The number of hydrogen-bond donors (Lipinski definition) is 2. The van der Waals surface area contributed by atoms with E-state index in [2.05, 4.69) is 15.0 Å². The molecule has 7 heteroatoms. The summed E-state index contributed by atoms with van der Waals surface area (Å²) in [7, 11) is -3.67. The Balaban J connectivity index is 1.59. The van der Waals surface area contributed by atoms with E-state index >= 15 is 0 Å². The topological polar surface area (TPSA) is 88.2 Å². The number of rotatable bonds is 6. The van der Waals surface area contributed by atoms with Crippen LogP contribution in [-0.2, 0) is 14.8 Å². The van der Waals surface area contributed by atoms with Gasteiger partial charge in [0, 0.05) is 18.7 Å². The van der Waals surface area contributed by atoms with Crippen molar-refractivity contribution in [2.45, 2.75) is 18.2 Å². The van der Waals surface area contributed by atoms with Crippen molar-refractivity contribution in [3.63, 3.8) is 0 Å². The van der Waals surface area contributed by atoms with Crippen LogP contribution in [0.4, 0.5) is 5.82 Å². The summed E-state index contributed by atoms with van der Waals surface area (Å²) in [5.41, 5.74) is 0.791. The summed E-state index contributed by atoms with van der Waals surface area (Å²) in [4.78, 5) is 16.3. The molecular formula is C19H19N3O3S. The molecule has 0 atom stereocenters. The van der Waals surface area contributed by atoms with Crippen molar-refractivity contribution >= 4 is 32.5 Å². The lowest BCUT2D eigenvalue weighted by atomic mass is 10.1. The normalized spacial score (nSPS) is 11.4. The number of aromatic nitrogens is 1. The lowest BCUT2D eigenvalue weighted by Crippen LogP contribution is -2.28. The van der Waals surface area contributed by atoms with E-state index in [4.69, 9.17) is 0 Å². The van der Waals surface area contributed by atoms with Gasteiger partial charge in [-0.05, 0) is 42.0 Å². The zero-order chi connectivity index (χ0) is 18.6. The summed E-state index contributed by atoms with van der Waals surface area (Å²) in [5.74, 6) is 0.150. The molecule has 0 fully saturated rings. The number of benzene rings is 2. The maximum absolute atomic E-state index is 12.4. The van der Waals surface area contributed by atoms with Crippen LogP contribution in [0.15, 0.2) is 65.6 Å². The number of carbonyl (C=O) groups excluding carboxylic acids is 1. The van der Waals surface area contributed by atoms with E-state index in [1.807, 2.05) is 37.3 Å². The van der Waals surface area contributed by atoms with Crippen LogP contribution in [0.2, 0.25) is 0 Å². The molecule has 0 aliphatic rings. The average Bonchev–Trinajstić information content (AvgIpc) is 2.61. The number of nitrogens with zero attached hydrogens (tertiary/aromatic N) is 1. The van der Waals surface area contributed by atoms with E-state index in [-0.39, 0.29) is 23.8 Å². The van der Waals surface area contributed by atoms with Gasteiger partial charge in [-0.2, -0.15) is 0 Å². The van der Waals surface area contributed by atoms with Gasteiger partial charge in [-0.3, -0.25) is 4.79 Å². The number of sulfonamides is 1. The van der Waals surface area contributed by atoms with Crippen LogP contribution >= 0.6 is 0 Å². The van der Waals surface area contributed by atoms with Crippen molar-refractivity contribution in [2.75, 3.05) is 11.9 Å². The van der Waals surface area contributed by atoms with Crippen molar-refractivity contribution in [1.82, 2.24) is 9.71 Å². The standard InChI is InChI=1S/C19H19N3O3S/c1-14-5-4-8-18(21-14)22-19(23)11-12-20-26(24,25)17-10-9-15-6-2-3-7-16(15)13-17/h2-10,13,20H,11-12H2,1H3,(H,21,22,23). The van der Waals surface area contributed by atoms with E-state index in [0.717, 1.165) is 16.5 Å². The number of amides is 1. The monoisotopic (exact) mass is 369 g/mol. The van der Waals surface area contributed by atoms with Gasteiger partial charge in [0.15, 0.2) is 0 Å². The molecule has 3 rings (SSSR count). The first kappa shape index (κ1) is 18.0. The van der Waals surface area contributed by atoms with E-state index in [0.29, 0.717) is 5.82 Å². The highest BCUT2D eigenvalue weighted by Crippen LogP contribution is 2.18. The van der Waals surface area contributed by atoms with Crippen LogP contribution in [-0.4, -0.2) is 25.9 Å². The van der Waals surface area contributed by atoms with E-state index in [1.165, 1.54) is 0 Å². The van der Waals surface area contributed by atoms with E-state index in [1.54, 1.807) is 30.3 Å². The predicted molar refractivity (Wildman–Crippen MR) is 101 cm³/mol. The van der Waals surface area contributed by atoms with Crippen molar-refractivity contribution in [1.29, 1.82) is 0 Å². The molecular weight excluding hydrogens is 350 g/mol. The molecule has 0 radical (unpaired) electrons. The van der Waals surface area contributed by atoms with Gasteiger partial charge in [0.05, 0.1) is 4.90 Å². The highest BCUT2D eigenvalue weighted by Gasteiger charge is 2.14. The minimum Gasteiger partial charge on any atom is -0.311 e. The minimum atomic E-state index is -3.67. The Morgan fingerprint density at radius 1 is 1.00 bits per heavy atom. The Hall–Kier alpha value is -2.77. The van der Waals surface area contributed by atoms with Crippen molar-refractivity contribution < 1.29 is 13.2 Å². The summed E-state index contributed by atoms with van der Waals surface area (Å²) in [5, 5.41) is 4.46. The molecule has 0 aliphatic heterocycles. The first-order valence-electron chi connectivity index (χ1n) is 8.16. The second kappa shape index (κ2) is 7.63. The van der Waals surface area contributed by atoms with Gasteiger partial charge in [-0.25, -0.2) is 18.1 Å². The predicted octanol–water partition coefficient (Wildman–Crippen LogP) is 2.85. The lowest BCUT2D eigenvalue weighted by Gasteiger charge is -2.08. The fourth-order valence-electron chi connectivity index (χ4n) is 2.53. The Morgan fingerprint density at radius 2 is 1.77 bits per heavy atom. The van der Waals surface area contributed by atoms with Gasteiger partial charge in [0.2, 0.25) is 15.9 Å². The van der Waals surface area contributed by atoms with Crippen molar-refractivity contribution in [3.05, 3.63) is 66.4 Å². The second-order valence-electron chi connectivity index (χ2n) is 5.87. The highest BCUT2D eigenvalue weighted by molar-refractivity contribution is 7.89. The van der Waals surface area contributed by atoms with Gasteiger partial charge in [-0.1, -0.05) is 36.4 Å². The zero-order valence-corrected chi connectivity index (χ0v) is 15.1. The molecule has 6 nitrogen and oxygen atoms in total. The third kappa shape index (κ3) is 4.44. The third-order valence-corrected chi connectivity index (χ3v) is 5.29. The Morgan fingerprint density at radius 3 is 2.54 bits per heavy atom. The Bertz CT molecular complexity index is 1050. The fraction of sp³-hybridized carbons (Fsp3) is 0.158. The number of nitrogens with one attached hydrogen (secondary N) is 2. The molecule has 0 bridgehead atoms. The van der Waals surface area contributed by atoms with Crippen LogP contribution in [0, 0.1) is 6.92 Å². The maximum atomic E-state index is 12.4. The SMILES string of the molecule is Cc1cccc(NC(=O)CCNS(=O)(=O)c2ccc3ccccc3c2)n1. The summed E-state index contributed by atoms with van der Waals surface area (Å²) in [6.07, 6.45) is 0.0163. The zero-order valence-electron chi connectivity index (χ0n) is 14.3. The van der Waals surface area contributed by atoms with Crippen LogP contribution in [0.1, 0.15) is 12.1 Å². The average molecular weight is 369 g/mol. The third-order valence-electron chi connectivity index (χ3n) is 3.83. The van der Waals surface area contributed by atoms with Gasteiger partial charge in [0.25, 0.3) is 0 Å². The summed E-state index contributed by atoms with van der Waals surface area (Å²) >= 11 is 0. The quantitative estimate of drug-likeness (QED) is 0.699. The van der Waals surface area contributed by atoms with Gasteiger partial charge in [0.1, 0.15) is 5.82 Å². The molecule has 1 amide bonds. The molecule has 0 aliphatic carbocycles. The molecule has 2 N–H and O–H groups in total. The number of aryl methyl sites for hydroxylation is 1. The second-order valence-corrected chi connectivity index (χ2v) is 7.64. The Labute approximate surface area is 152 Å². The van der Waals surface area contributed by atoms with E-state index in [9.17, 15) is 13.2 Å². The molecule has 1 heterocycles. The van der Waals surface area contributed by atoms with Crippen molar-refractivity contribution in [3.8, 4) is 0 Å². The van der Waals surface area contributed by atoms with Gasteiger partial charge < -0.3 is 5.32 Å². The fourth-order valence-corrected chi connectivity index (χ4v) is 3.60. The summed E-state index contributed by atoms with van der Waals surface area (Å²) in [6, 6.07) is 17.8. The number of pyridine rings is 1. The number of fused-ring (bicyclic) bond motifs is 1. The van der Waals surface area contributed by atoms with Crippen LogP contribution in [0.3, 0.4) is 0 Å². The lowest BCUT2D eigenvalue weighted by molar-refractivity contribution is -0.116. The Kier molecular flexibility index (Phi) is 5.29. The largest absolute Gasteiger partial charge is 0.311 e. The highest BCUT2D eigenvalue weighted by atomic mass is 32.2. The number of hydrogen-bond acceptors (Lipinski definition) is 4. The number of carbonyl (C=O) groups is 1. The van der Waals surface area contributed by atoms with Crippen molar-refractivity contribution in [2.24, 2.45) is 0 Å². The molecule has 26 heavy (non-hydrogen) atoms. The smallest absolute Gasteiger partial charge is 0.240 e. The minimum absolute atomic E-state index is 0.00676. The molecule has 1 aromatic heterocycles. The molecule has 0 unspecified atom stereocenters. The summed E-state index contributed by atoms with van der Waals surface area (Å²) in [6.45, 7) is 1.83. The van der Waals surface area contributed by atoms with Gasteiger partial charge in [-0.15, -0.1) is 0 Å².